The van der Waals surface area contributed by atoms with Crippen LogP contribution in [0.4, 0.5) is 0 Å². The van der Waals surface area contributed by atoms with Crippen molar-refractivity contribution in [1.29, 1.82) is 0 Å². The maximum atomic E-state index is 6.06. The minimum atomic E-state index is -0.361. The van der Waals surface area contributed by atoms with Crippen LogP contribution in [0.5, 0.6) is 0 Å². The Morgan fingerprint density at radius 2 is 2.19 bits per heavy atom. The van der Waals surface area contributed by atoms with Gasteiger partial charge in [0.2, 0.25) is 0 Å². The molecule has 21 heavy (non-hydrogen) atoms. The molecule has 0 amide bonds. The van der Waals surface area contributed by atoms with E-state index >= 15 is 0 Å². The number of hydrogen-bond acceptors (Lipinski definition) is 6. The van der Waals surface area contributed by atoms with E-state index in [0.29, 0.717) is 24.4 Å². The summed E-state index contributed by atoms with van der Waals surface area (Å²) in [5.74, 6) is 0.944. The molecular weight excluding hydrogens is 270 g/mol. The predicted octanol–water partition coefficient (Wildman–Crippen LogP) is 1.66. The van der Waals surface area contributed by atoms with Gasteiger partial charge in [-0.1, -0.05) is 5.16 Å². The van der Waals surface area contributed by atoms with Crippen molar-refractivity contribution in [2.45, 2.75) is 45.3 Å². The summed E-state index contributed by atoms with van der Waals surface area (Å²) in [6.45, 7) is 4.32. The number of ether oxygens (including phenoxy) is 1. The third kappa shape index (κ3) is 2.71. The van der Waals surface area contributed by atoms with Crippen LogP contribution in [-0.4, -0.2) is 32.6 Å². The zero-order chi connectivity index (χ0) is 15.0. The molecule has 2 heterocycles. The highest BCUT2D eigenvalue weighted by molar-refractivity contribution is 5.59. The van der Waals surface area contributed by atoms with E-state index < -0.39 is 0 Å². The molecule has 1 unspecified atom stereocenters. The average molecular weight is 291 g/mol. The van der Waals surface area contributed by atoms with Crippen LogP contribution in [0.25, 0.3) is 11.5 Å². The highest BCUT2D eigenvalue weighted by Gasteiger charge is 2.23. The Bertz CT molecular complexity index is 629. The Hall–Kier alpha value is -1.73. The lowest BCUT2D eigenvalue weighted by Gasteiger charge is -2.26. The molecule has 2 aromatic heterocycles. The number of nitrogens with two attached hydrogens (primary N) is 1. The third-order valence-electron chi connectivity index (χ3n) is 4.06. The molecule has 3 rings (SSSR count). The topological polar surface area (TPSA) is 92.0 Å². The molecule has 2 N–H and O–H groups in total. The van der Waals surface area contributed by atoms with Crippen LogP contribution < -0.4 is 5.73 Å². The second kappa shape index (κ2) is 5.57. The van der Waals surface area contributed by atoms with Gasteiger partial charge < -0.3 is 15.0 Å². The molecule has 7 heteroatoms. The summed E-state index contributed by atoms with van der Waals surface area (Å²) < 4.78 is 12.8. The SMILES string of the molecule is Cc1nn(C)c(C)c1-c1nc(C(N)COC2CCC2)no1. The first-order valence-corrected chi connectivity index (χ1v) is 7.27. The van der Waals surface area contributed by atoms with Crippen molar-refractivity contribution in [3.05, 3.63) is 17.2 Å². The minimum absolute atomic E-state index is 0.352. The Morgan fingerprint density at radius 1 is 1.43 bits per heavy atom. The van der Waals surface area contributed by atoms with Gasteiger partial charge in [-0.3, -0.25) is 4.68 Å². The van der Waals surface area contributed by atoms with Gasteiger partial charge >= 0.3 is 0 Å². The average Bonchev–Trinajstić information content (AvgIpc) is 2.94. The van der Waals surface area contributed by atoms with Crippen molar-refractivity contribution in [3.8, 4) is 11.5 Å². The lowest BCUT2D eigenvalue weighted by molar-refractivity contribution is -0.00549. The number of rotatable bonds is 5. The summed E-state index contributed by atoms with van der Waals surface area (Å²) in [5, 5.41) is 8.33. The standard InChI is InChI=1S/C14H21N5O2/c1-8-12(9(2)19(3)17-8)14-16-13(18-21-14)11(15)7-20-10-5-4-6-10/h10-11H,4-7,15H2,1-3H3. The van der Waals surface area contributed by atoms with Gasteiger partial charge in [0.1, 0.15) is 0 Å². The van der Waals surface area contributed by atoms with Crippen LogP contribution in [0.15, 0.2) is 4.52 Å². The van der Waals surface area contributed by atoms with E-state index in [9.17, 15) is 0 Å². The van der Waals surface area contributed by atoms with Gasteiger partial charge in [0, 0.05) is 12.7 Å². The Morgan fingerprint density at radius 3 is 2.76 bits per heavy atom. The zero-order valence-electron chi connectivity index (χ0n) is 12.7. The molecule has 114 valence electrons. The van der Waals surface area contributed by atoms with Gasteiger partial charge in [0.05, 0.1) is 30.0 Å². The van der Waals surface area contributed by atoms with Crippen molar-refractivity contribution in [1.82, 2.24) is 19.9 Å². The van der Waals surface area contributed by atoms with Crippen LogP contribution in [0.3, 0.4) is 0 Å². The number of hydrogen-bond donors (Lipinski definition) is 1. The molecule has 1 fully saturated rings. The fourth-order valence-electron chi connectivity index (χ4n) is 2.42. The van der Waals surface area contributed by atoms with Crippen molar-refractivity contribution in [3.63, 3.8) is 0 Å². The predicted molar refractivity (Wildman–Crippen MR) is 76.5 cm³/mol. The van der Waals surface area contributed by atoms with Crippen molar-refractivity contribution >= 4 is 0 Å². The molecular formula is C14H21N5O2. The summed E-state index contributed by atoms with van der Waals surface area (Å²) in [6, 6.07) is -0.361. The van der Waals surface area contributed by atoms with Gasteiger partial charge in [-0.05, 0) is 33.1 Å². The first-order chi connectivity index (χ1) is 10.1. The van der Waals surface area contributed by atoms with Gasteiger partial charge in [0.15, 0.2) is 5.82 Å². The Balaban J connectivity index is 1.73. The van der Waals surface area contributed by atoms with E-state index in [2.05, 4.69) is 15.2 Å². The highest BCUT2D eigenvalue weighted by atomic mass is 16.5. The summed E-state index contributed by atoms with van der Waals surface area (Å²) in [7, 11) is 1.89. The Labute approximate surface area is 123 Å². The lowest BCUT2D eigenvalue weighted by Crippen LogP contribution is -2.27. The molecule has 1 saturated carbocycles. The van der Waals surface area contributed by atoms with E-state index in [0.717, 1.165) is 29.8 Å². The second-order valence-corrected chi connectivity index (χ2v) is 5.62. The number of nitrogens with zero attached hydrogens (tertiary/aromatic N) is 4. The summed E-state index contributed by atoms with van der Waals surface area (Å²) >= 11 is 0. The molecule has 0 bridgehead atoms. The van der Waals surface area contributed by atoms with Crippen molar-refractivity contribution in [2.24, 2.45) is 12.8 Å². The van der Waals surface area contributed by atoms with E-state index in [-0.39, 0.29) is 6.04 Å². The molecule has 7 nitrogen and oxygen atoms in total. The van der Waals surface area contributed by atoms with Crippen LogP contribution in [0.1, 0.15) is 42.5 Å². The fourth-order valence-corrected chi connectivity index (χ4v) is 2.42. The first-order valence-electron chi connectivity index (χ1n) is 7.27. The molecule has 1 aliphatic rings. The first kappa shape index (κ1) is 14.2. The maximum Gasteiger partial charge on any atom is 0.261 e. The van der Waals surface area contributed by atoms with E-state index in [4.69, 9.17) is 15.0 Å². The third-order valence-corrected chi connectivity index (χ3v) is 4.06. The van der Waals surface area contributed by atoms with Crippen LogP contribution in [0, 0.1) is 13.8 Å². The lowest BCUT2D eigenvalue weighted by atomic mass is 9.96. The normalized spacial score (nSPS) is 17.0. The minimum Gasteiger partial charge on any atom is -0.376 e. The molecule has 0 radical (unpaired) electrons. The van der Waals surface area contributed by atoms with Crippen molar-refractivity contribution in [2.75, 3.05) is 6.61 Å². The quantitative estimate of drug-likeness (QED) is 0.900. The largest absolute Gasteiger partial charge is 0.376 e. The maximum absolute atomic E-state index is 6.06. The van der Waals surface area contributed by atoms with Crippen molar-refractivity contribution < 1.29 is 9.26 Å². The molecule has 0 aliphatic heterocycles. The number of aromatic nitrogens is 4. The zero-order valence-corrected chi connectivity index (χ0v) is 12.7. The van der Waals surface area contributed by atoms with E-state index in [1.54, 1.807) is 4.68 Å². The highest BCUT2D eigenvalue weighted by Crippen LogP contribution is 2.26. The summed E-state index contributed by atoms with van der Waals surface area (Å²) in [6.07, 6.45) is 3.84. The molecule has 2 aromatic rings. The van der Waals surface area contributed by atoms with Crippen LogP contribution in [-0.2, 0) is 11.8 Å². The van der Waals surface area contributed by atoms with Gasteiger partial charge in [-0.2, -0.15) is 10.1 Å². The molecule has 0 spiro atoms. The van der Waals surface area contributed by atoms with Crippen LogP contribution in [0.2, 0.25) is 0 Å². The monoisotopic (exact) mass is 291 g/mol. The Kier molecular flexibility index (Phi) is 3.77. The summed E-state index contributed by atoms with van der Waals surface area (Å²) in [4.78, 5) is 4.40. The summed E-state index contributed by atoms with van der Waals surface area (Å²) in [5.41, 5.74) is 8.80. The van der Waals surface area contributed by atoms with E-state index in [1.165, 1.54) is 6.42 Å². The van der Waals surface area contributed by atoms with Gasteiger partial charge in [0.25, 0.3) is 5.89 Å². The number of aryl methyl sites for hydroxylation is 2. The molecule has 0 saturated heterocycles. The second-order valence-electron chi connectivity index (χ2n) is 5.62. The molecule has 0 aromatic carbocycles. The fraction of sp³-hybridized carbons (Fsp3) is 0.643. The molecule has 1 aliphatic carbocycles. The van der Waals surface area contributed by atoms with Crippen LogP contribution >= 0.6 is 0 Å². The van der Waals surface area contributed by atoms with E-state index in [1.807, 2.05) is 20.9 Å². The smallest absolute Gasteiger partial charge is 0.261 e. The molecule has 1 atom stereocenters. The van der Waals surface area contributed by atoms with Gasteiger partial charge in [-0.15, -0.1) is 0 Å². The van der Waals surface area contributed by atoms with Gasteiger partial charge in [-0.25, -0.2) is 0 Å².